The lowest BCUT2D eigenvalue weighted by molar-refractivity contribution is 0.0604. The van der Waals surface area contributed by atoms with Crippen LogP contribution >= 0.6 is 0 Å². The highest BCUT2D eigenvalue weighted by molar-refractivity contribution is 6.05. The molecule has 3 nitrogen and oxygen atoms in total. The first-order chi connectivity index (χ1) is 9.44. The predicted molar refractivity (Wildman–Crippen MR) is 78.9 cm³/mol. The van der Waals surface area contributed by atoms with E-state index in [1.165, 1.54) is 25.3 Å². The highest BCUT2D eigenvalue weighted by atomic mass is 19.1. The number of ketones is 1. The average molecular weight is 281 g/mol. The molecule has 0 aromatic heterocycles. The molecule has 1 aromatic rings. The zero-order valence-electron chi connectivity index (χ0n) is 13.0. The maximum absolute atomic E-state index is 13.5. The summed E-state index contributed by atoms with van der Waals surface area (Å²) in [5, 5.41) is 0. The van der Waals surface area contributed by atoms with Crippen LogP contribution in [-0.2, 0) is 0 Å². The maximum atomic E-state index is 13.5. The third-order valence-electron chi connectivity index (χ3n) is 4.05. The van der Waals surface area contributed by atoms with Crippen LogP contribution in [-0.4, -0.2) is 36.4 Å². The Hall–Kier alpha value is -1.42. The van der Waals surface area contributed by atoms with Crippen molar-refractivity contribution >= 4 is 5.78 Å². The molecule has 4 heteroatoms. The van der Waals surface area contributed by atoms with Crippen molar-refractivity contribution in [3.8, 4) is 5.75 Å². The number of halogens is 1. The van der Waals surface area contributed by atoms with Crippen LogP contribution in [0.4, 0.5) is 4.39 Å². The van der Waals surface area contributed by atoms with Gasteiger partial charge in [-0.1, -0.05) is 20.8 Å². The lowest BCUT2D eigenvalue weighted by Gasteiger charge is -2.38. The molecule has 0 saturated heterocycles. The molecule has 0 aliphatic heterocycles. The van der Waals surface area contributed by atoms with Crippen LogP contribution in [0.1, 0.15) is 44.5 Å². The van der Waals surface area contributed by atoms with Crippen molar-refractivity contribution in [3.05, 3.63) is 29.6 Å². The Morgan fingerprint density at radius 1 is 1.30 bits per heavy atom. The zero-order chi connectivity index (χ0) is 15.3. The number of benzene rings is 1. The van der Waals surface area contributed by atoms with E-state index in [0.29, 0.717) is 17.7 Å². The van der Waals surface area contributed by atoms with Crippen LogP contribution < -0.4 is 4.74 Å². The minimum Gasteiger partial charge on any atom is -0.496 e. The zero-order valence-corrected chi connectivity index (χ0v) is 13.0. The van der Waals surface area contributed by atoms with Crippen LogP contribution in [0.3, 0.4) is 0 Å². The molecule has 0 fully saturated rings. The number of nitrogens with zero attached hydrogens (tertiary/aromatic N) is 1. The van der Waals surface area contributed by atoms with Crippen molar-refractivity contribution in [2.24, 2.45) is 0 Å². The minimum atomic E-state index is -0.648. The van der Waals surface area contributed by atoms with Gasteiger partial charge in [0.25, 0.3) is 0 Å². The Morgan fingerprint density at radius 2 is 1.90 bits per heavy atom. The van der Waals surface area contributed by atoms with Gasteiger partial charge >= 0.3 is 0 Å². The summed E-state index contributed by atoms with van der Waals surface area (Å²) in [6.07, 6.45) is 0.660. The van der Waals surface area contributed by atoms with E-state index in [4.69, 9.17) is 4.74 Å². The van der Waals surface area contributed by atoms with Crippen molar-refractivity contribution in [1.29, 1.82) is 0 Å². The molecule has 0 aliphatic carbocycles. The minimum absolute atomic E-state index is 0.0972. The van der Waals surface area contributed by atoms with Crippen LogP contribution in [0.2, 0.25) is 0 Å². The van der Waals surface area contributed by atoms with Crippen molar-refractivity contribution in [1.82, 2.24) is 4.90 Å². The van der Waals surface area contributed by atoms with Gasteiger partial charge in [0.2, 0.25) is 0 Å². The number of likely N-dealkylation sites (N-methyl/N-ethyl adjacent to an activating group) is 1. The molecule has 1 atom stereocenters. The Labute approximate surface area is 120 Å². The van der Waals surface area contributed by atoms with Gasteiger partial charge in [-0.05, 0) is 44.6 Å². The molecule has 1 aromatic carbocycles. The van der Waals surface area contributed by atoms with E-state index in [1.54, 1.807) is 0 Å². The van der Waals surface area contributed by atoms with Gasteiger partial charge in [0.05, 0.1) is 18.2 Å². The van der Waals surface area contributed by atoms with E-state index in [9.17, 15) is 9.18 Å². The van der Waals surface area contributed by atoms with Crippen molar-refractivity contribution in [2.45, 2.75) is 39.7 Å². The topological polar surface area (TPSA) is 29.5 Å². The van der Waals surface area contributed by atoms with Gasteiger partial charge in [0.1, 0.15) is 11.6 Å². The van der Waals surface area contributed by atoms with E-state index in [2.05, 4.69) is 4.90 Å². The lowest BCUT2D eigenvalue weighted by atomic mass is 9.86. The third kappa shape index (κ3) is 3.01. The Morgan fingerprint density at radius 3 is 2.35 bits per heavy atom. The van der Waals surface area contributed by atoms with E-state index in [0.717, 1.165) is 13.1 Å². The summed E-state index contributed by atoms with van der Waals surface area (Å²) in [6.45, 7) is 9.46. The van der Waals surface area contributed by atoms with E-state index < -0.39 is 11.4 Å². The van der Waals surface area contributed by atoms with Crippen molar-refractivity contribution in [2.75, 3.05) is 20.2 Å². The standard InChI is InChI=1S/C16H24FNO2/c1-6-16(4,18(7-2)8-3)15(19)13-11-12(17)9-10-14(13)20-5/h9-11H,6-8H2,1-5H3. The second kappa shape index (κ2) is 6.84. The highest BCUT2D eigenvalue weighted by Crippen LogP contribution is 2.29. The van der Waals surface area contributed by atoms with Gasteiger partial charge in [0, 0.05) is 0 Å². The summed E-state index contributed by atoms with van der Waals surface area (Å²) in [6, 6.07) is 4.07. The van der Waals surface area contributed by atoms with Gasteiger partial charge in [-0.2, -0.15) is 0 Å². The SMILES string of the molecule is CCN(CC)C(C)(CC)C(=O)c1cc(F)ccc1OC. The number of ether oxygens (including phenoxy) is 1. The van der Waals surface area contributed by atoms with Gasteiger partial charge < -0.3 is 4.74 Å². The summed E-state index contributed by atoms with van der Waals surface area (Å²) in [4.78, 5) is 15.0. The monoisotopic (exact) mass is 281 g/mol. The first kappa shape index (κ1) is 16.6. The van der Waals surface area contributed by atoms with Crippen LogP contribution in [0, 0.1) is 5.82 Å². The summed E-state index contributed by atoms with van der Waals surface area (Å²) >= 11 is 0. The van der Waals surface area contributed by atoms with Crippen LogP contribution in [0.5, 0.6) is 5.75 Å². The molecule has 0 aliphatic rings. The van der Waals surface area contributed by atoms with Gasteiger partial charge in [-0.15, -0.1) is 0 Å². The molecule has 1 unspecified atom stereocenters. The molecule has 0 heterocycles. The molecule has 0 amide bonds. The Balaban J connectivity index is 3.30. The maximum Gasteiger partial charge on any atom is 0.186 e. The highest BCUT2D eigenvalue weighted by Gasteiger charge is 2.38. The van der Waals surface area contributed by atoms with Gasteiger partial charge in [-0.3, -0.25) is 9.69 Å². The Kier molecular flexibility index (Phi) is 5.69. The largest absolute Gasteiger partial charge is 0.496 e. The number of hydrogen-bond acceptors (Lipinski definition) is 3. The number of hydrogen-bond donors (Lipinski definition) is 0. The van der Waals surface area contributed by atoms with Gasteiger partial charge in [0.15, 0.2) is 5.78 Å². The normalized spacial score (nSPS) is 14.2. The van der Waals surface area contributed by atoms with E-state index in [-0.39, 0.29) is 5.78 Å². The number of carbonyl (C=O) groups is 1. The van der Waals surface area contributed by atoms with Crippen molar-refractivity contribution in [3.63, 3.8) is 0 Å². The van der Waals surface area contributed by atoms with Crippen LogP contribution in [0.15, 0.2) is 18.2 Å². The second-order valence-electron chi connectivity index (χ2n) is 4.97. The summed E-state index contributed by atoms with van der Waals surface area (Å²) < 4.78 is 18.7. The fourth-order valence-electron chi connectivity index (χ4n) is 2.60. The average Bonchev–Trinajstić information content (AvgIpc) is 2.47. The van der Waals surface area contributed by atoms with E-state index in [1.807, 2.05) is 27.7 Å². The molecule has 0 N–H and O–H groups in total. The fourth-order valence-corrected chi connectivity index (χ4v) is 2.60. The molecule has 20 heavy (non-hydrogen) atoms. The smallest absolute Gasteiger partial charge is 0.186 e. The molecule has 0 bridgehead atoms. The summed E-state index contributed by atoms with van der Waals surface area (Å²) in [7, 11) is 1.49. The number of rotatable bonds is 7. The molecule has 0 spiro atoms. The molecule has 0 saturated carbocycles. The molecule has 112 valence electrons. The van der Waals surface area contributed by atoms with Crippen LogP contribution in [0.25, 0.3) is 0 Å². The quantitative estimate of drug-likeness (QED) is 0.716. The van der Waals surface area contributed by atoms with Gasteiger partial charge in [-0.25, -0.2) is 4.39 Å². The second-order valence-corrected chi connectivity index (χ2v) is 4.97. The molecular formula is C16H24FNO2. The molecular weight excluding hydrogens is 257 g/mol. The summed E-state index contributed by atoms with van der Waals surface area (Å²) in [5.41, 5.74) is -0.339. The first-order valence-electron chi connectivity index (χ1n) is 7.07. The first-order valence-corrected chi connectivity index (χ1v) is 7.07. The lowest BCUT2D eigenvalue weighted by Crippen LogP contribution is -2.52. The number of carbonyl (C=O) groups excluding carboxylic acids is 1. The number of Topliss-reactive ketones (excluding diaryl/α,β-unsaturated/α-hetero) is 1. The number of methoxy groups -OCH3 is 1. The predicted octanol–water partition coefficient (Wildman–Crippen LogP) is 3.53. The molecule has 0 radical (unpaired) electrons. The Bertz CT molecular complexity index is 472. The van der Waals surface area contributed by atoms with Crippen molar-refractivity contribution < 1.29 is 13.9 Å². The fraction of sp³-hybridized carbons (Fsp3) is 0.562. The van der Waals surface area contributed by atoms with E-state index >= 15 is 0 Å². The summed E-state index contributed by atoms with van der Waals surface area (Å²) in [5.74, 6) is -0.101. The molecule has 1 rings (SSSR count). The third-order valence-corrected chi connectivity index (χ3v) is 4.05.